The molecule has 0 saturated heterocycles. The summed E-state index contributed by atoms with van der Waals surface area (Å²) in [7, 11) is 1.87. The van der Waals surface area contributed by atoms with Crippen molar-refractivity contribution in [1.82, 2.24) is 14.8 Å². The van der Waals surface area contributed by atoms with E-state index in [2.05, 4.69) is 20.8 Å². The molecule has 0 saturated carbocycles. The van der Waals surface area contributed by atoms with Crippen LogP contribution in [0.1, 0.15) is 17.0 Å². The lowest BCUT2D eigenvalue weighted by molar-refractivity contribution is -0.384. The van der Waals surface area contributed by atoms with Crippen LogP contribution in [-0.2, 0) is 13.6 Å². The highest BCUT2D eigenvalue weighted by atomic mass is 16.6. The minimum atomic E-state index is -0.492. The third-order valence-electron chi connectivity index (χ3n) is 3.27. The van der Waals surface area contributed by atoms with E-state index in [4.69, 9.17) is 5.84 Å². The molecule has 0 amide bonds. The molecular formula is C12H17N7O2. The van der Waals surface area contributed by atoms with Crippen molar-refractivity contribution >= 4 is 17.3 Å². The third-order valence-corrected chi connectivity index (χ3v) is 3.27. The standard InChI is InChI=1S/C12H17N7O2/c1-7-10(8(2)18(3)17-7)6-14-11-4-9(19(20)21)5-12(15-11)16-13/h4-5H,6,13H2,1-3H3,(H2,14,15,16). The van der Waals surface area contributed by atoms with E-state index in [0.29, 0.717) is 12.4 Å². The number of rotatable bonds is 5. The first-order valence-electron chi connectivity index (χ1n) is 6.28. The molecule has 0 radical (unpaired) electrons. The van der Waals surface area contributed by atoms with Gasteiger partial charge in [-0.2, -0.15) is 5.10 Å². The molecule has 4 N–H and O–H groups in total. The zero-order valence-electron chi connectivity index (χ0n) is 12.0. The zero-order chi connectivity index (χ0) is 15.6. The number of nitrogens with two attached hydrogens (primary N) is 1. The van der Waals surface area contributed by atoms with E-state index in [1.807, 2.05) is 20.9 Å². The van der Waals surface area contributed by atoms with Gasteiger partial charge in [-0.3, -0.25) is 14.8 Å². The van der Waals surface area contributed by atoms with E-state index in [-0.39, 0.29) is 11.5 Å². The summed E-state index contributed by atoms with van der Waals surface area (Å²) in [5, 5.41) is 18.3. The van der Waals surface area contributed by atoms with Crippen LogP contribution in [0.25, 0.3) is 0 Å². The van der Waals surface area contributed by atoms with E-state index in [9.17, 15) is 10.1 Å². The molecule has 2 rings (SSSR count). The highest BCUT2D eigenvalue weighted by Crippen LogP contribution is 2.21. The molecule has 2 aromatic rings. The summed E-state index contributed by atoms with van der Waals surface area (Å²) in [4.78, 5) is 14.5. The fourth-order valence-electron chi connectivity index (χ4n) is 2.04. The molecule has 0 bridgehead atoms. The van der Waals surface area contributed by atoms with E-state index in [1.165, 1.54) is 12.1 Å². The number of aryl methyl sites for hydroxylation is 2. The Hall–Kier alpha value is -2.68. The Bertz CT molecular complexity index is 680. The lowest BCUT2D eigenvalue weighted by Gasteiger charge is -2.08. The monoisotopic (exact) mass is 291 g/mol. The number of nitrogen functional groups attached to an aromatic ring is 1. The van der Waals surface area contributed by atoms with Gasteiger partial charge in [-0.15, -0.1) is 0 Å². The molecule has 9 heteroatoms. The summed E-state index contributed by atoms with van der Waals surface area (Å²) in [6.07, 6.45) is 0. The van der Waals surface area contributed by atoms with Crippen LogP contribution < -0.4 is 16.6 Å². The van der Waals surface area contributed by atoms with E-state index >= 15 is 0 Å². The van der Waals surface area contributed by atoms with Crippen LogP contribution >= 0.6 is 0 Å². The first kappa shape index (κ1) is 14.7. The summed E-state index contributed by atoms with van der Waals surface area (Å²) in [6.45, 7) is 4.35. The van der Waals surface area contributed by atoms with Crippen LogP contribution in [0, 0.1) is 24.0 Å². The van der Waals surface area contributed by atoms with Crippen molar-refractivity contribution in [3.63, 3.8) is 0 Å². The summed E-state index contributed by atoms with van der Waals surface area (Å²) in [5.74, 6) is 5.87. The van der Waals surface area contributed by atoms with Crippen LogP contribution in [0.15, 0.2) is 12.1 Å². The summed E-state index contributed by atoms with van der Waals surface area (Å²) in [5.41, 5.74) is 5.21. The molecular weight excluding hydrogens is 274 g/mol. The van der Waals surface area contributed by atoms with Gasteiger partial charge in [0.25, 0.3) is 5.69 Å². The number of nitro groups is 1. The van der Waals surface area contributed by atoms with Crippen molar-refractivity contribution in [1.29, 1.82) is 0 Å². The normalized spacial score (nSPS) is 10.5. The second-order valence-corrected chi connectivity index (χ2v) is 4.62. The van der Waals surface area contributed by atoms with Gasteiger partial charge in [0.1, 0.15) is 11.6 Å². The maximum Gasteiger partial charge on any atom is 0.276 e. The molecule has 0 aliphatic heterocycles. The molecule has 0 aliphatic rings. The van der Waals surface area contributed by atoms with Gasteiger partial charge in [0, 0.05) is 24.8 Å². The molecule has 2 heterocycles. The quantitative estimate of drug-likeness (QED) is 0.430. The Morgan fingerprint density at radius 3 is 2.57 bits per heavy atom. The van der Waals surface area contributed by atoms with Crippen LogP contribution in [0.5, 0.6) is 0 Å². The Kier molecular flexibility index (Phi) is 4.03. The summed E-state index contributed by atoms with van der Waals surface area (Å²) in [6, 6.07) is 2.63. The Morgan fingerprint density at radius 1 is 1.38 bits per heavy atom. The van der Waals surface area contributed by atoms with Crippen LogP contribution in [0.4, 0.5) is 17.3 Å². The van der Waals surface area contributed by atoms with Crippen molar-refractivity contribution < 1.29 is 4.92 Å². The summed E-state index contributed by atoms with van der Waals surface area (Å²) < 4.78 is 1.79. The summed E-state index contributed by atoms with van der Waals surface area (Å²) >= 11 is 0. The van der Waals surface area contributed by atoms with Gasteiger partial charge in [0.2, 0.25) is 0 Å². The average Bonchev–Trinajstić information content (AvgIpc) is 2.69. The van der Waals surface area contributed by atoms with Gasteiger partial charge in [0.15, 0.2) is 0 Å². The van der Waals surface area contributed by atoms with Crippen molar-refractivity contribution in [3.05, 3.63) is 39.2 Å². The number of hydrazine groups is 1. The largest absolute Gasteiger partial charge is 0.366 e. The van der Waals surface area contributed by atoms with Gasteiger partial charge in [-0.05, 0) is 13.8 Å². The van der Waals surface area contributed by atoms with Crippen molar-refractivity contribution in [2.75, 3.05) is 10.7 Å². The smallest absolute Gasteiger partial charge is 0.276 e. The van der Waals surface area contributed by atoms with E-state index < -0.39 is 4.92 Å². The maximum absolute atomic E-state index is 10.9. The number of hydrogen-bond donors (Lipinski definition) is 3. The SMILES string of the molecule is Cc1nn(C)c(C)c1CNc1cc([N+](=O)[O-])cc(NN)n1. The number of nitrogens with zero attached hydrogens (tertiary/aromatic N) is 4. The highest BCUT2D eigenvalue weighted by Gasteiger charge is 2.13. The molecule has 0 aliphatic carbocycles. The Morgan fingerprint density at radius 2 is 2.05 bits per heavy atom. The number of aromatic nitrogens is 3. The maximum atomic E-state index is 10.9. The molecule has 9 nitrogen and oxygen atoms in total. The van der Waals surface area contributed by atoms with E-state index in [0.717, 1.165) is 17.0 Å². The molecule has 0 fully saturated rings. The second-order valence-electron chi connectivity index (χ2n) is 4.62. The lowest BCUT2D eigenvalue weighted by Crippen LogP contribution is -2.11. The van der Waals surface area contributed by atoms with Crippen LogP contribution in [-0.4, -0.2) is 19.7 Å². The molecule has 112 valence electrons. The molecule has 2 aromatic heterocycles. The van der Waals surface area contributed by atoms with Crippen LogP contribution in [0.3, 0.4) is 0 Å². The van der Waals surface area contributed by atoms with E-state index in [1.54, 1.807) is 4.68 Å². The number of nitrogens with one attached hydrogen (secondary N) is 2. The van der Waals surface area contributed by atoms with Crippen LogP contribution in [0.2, 0.25) is 0 Å². The predicted octanol–water partition coefficient (Wildman–Crippen LogP) is 1.24. The molecule has 0 atom stereocenters. The third kappa shape index (κ3) is 3.08. The topological polar surface area (TPSA) is 124 Å². The second kappa shape index (κ2) is 5.75. The highest BCUT2D eigenvalue weighted by molar-refractivity contribution is 5.54. The van der Waals surface area contributed by atoms with Crippen molar-refractivity contribution in [2.45, 2.75) is 20.4 Å². The van der Waals surface area contributed by atoms with Gasteiger partial charge in [-0.1, -0.05) is 0 Å². The van der Waals surface area contributed by atoms with Gasteiger partial charge in [0.05, 0.1) is 22.7 Å². The van der Waals surface area contributed by atoms with Crippen molar-refractivity contribution in [3.8, 4) is 0 Å². The number of hydrogen-bond acceptors (Lipinski definition) is 7. The fourth-order valence-corrected chi connectivity index (χ4v) is 2.04. The molecule has 0 aromatic carbocycles. The fraction of sp³-hybridized carbons (Fsp3) is 0.333. The average molecular weight is 291 g/mol. The molecule has 21 heavy (non-hydrogen) atoms. The van der Waals surface area contributed by atoms with Gasteiger partial charge in [-0.25, -0.2) is 10.8 Å². The number of pyridine rings is 1. The molecule has 0 unspecified atom stereocenters. The molecule has 0 spiro atoms. The van der Waals surface area contributed by atoms with Crippen molar-refractivity contribution in [2.24, 2.45) is 12.9 Å². The minimum Gasteiger partial charge on any atom is -0.366 e. The zero-order valence-corrected chi connectivity index (χ0v) is 12.0. The lowest BCUT2D eigenvalue weighted by atomic mass is 10.2. The number of anilines is 2. The minimum absolute atomic E-state index is 0.0833. The first-order chi connectivity index (χ1) is 9.92. The Balaban J connectivity index is 2.23. The Labute approximate surface area is 121 Å². The van der Waals surface area contributed by atoms with Gasteiger partial charge < -0.3 is 10.7 Å². The first-order valence-corrected chi connectivity index (χ1v) is 6.28. The predicted molar refractivity (Wildman–Crippen MR) is 78.7 cm³/mol. The van der Waals surface area contributed by atoms with Gasteiger partial charge >= 0.3 is 0 Å².